The Hall–Kier alpha value is -2.73. The molecule has 0 radical (unpaired) electrons. The molecule has 1 aliphatic heterocycles. The number of carbonyl (C=O) groups excluding carboxylic acids is 1. The van der Waals surface area contributed by atoms with Crippen LogP contribution in [0.1, 0.15) is 29.8 Å². The van der Waals surface area contributed by atoms with Crippen molar-refractivity contribution in [2.45, 2.75) is 20.4 Å². The van der Waals surface area contributed by atoms with Crippen LogP contribution in [-0.4, -0.2) is 57.4 Å². The minimum Gasteiger partial charge on any atom is -0.490 e. The molecule has 1 saturated heterocycles. The van der Waals surface area contributed by atoms with Gasteiger partial charge >= 0.3 is 0 Å². The third kappa shape index (κ3) is 5.41. The van der Waals surface area contributed by atoms with Gasteiger partial charge in [0.1, 0.15) is 0 Å². The van der Waals surface area contributed by atoms with Gasteiger partial charge in [-0.2, -0.15) is 0 Å². The summed E-state index contributed by atoms with van der Waals surface area (Å²) in [4.78, 5) is 16.9. The molecule has 0 N–H and O–H groups in total. The maximum Gasteiger partial charge on any atom is 0.254 e. The number of nitrogens with zero attached hydrogens (tertiary/aromatic N) is 2. The number of ether oxygens (including phenoxy) is 3. The summed E-state index contributed by atoms with van der Waals surface area (Å²) in [6.45, 7) is 8.81. The van der Waals surface area contributed by atoms with Crippen LogP contribution in [0.15, 0.2) is 42.5 Å². The molecular formula is C23H30N2O4. The maximum atomic E-state index is 12.9. The summed E-state index contributed by atoms with van der Waals surface area (Å²) in [6.07, 6.45) is 0. The quantitative estimate of drug-likeness (QED) is 0.680. The molecule has 1 fully saturated rings. The van der Waals surface area contributed by atoms with Gasteiger partial charge in [0.25, 0.3) is 5.91 Å². The fourth-order valence-electron chi connectivity index (χ4n) is 3.38. The van der Waals surface area contributed by atoms with Gasteiger partial charge < -0.3 is 24.0 Å². The van der Waals surface area contributed by atoms with E-state index in [4.69, 9.17) is 14.2 Å². The van der Waals surface area contributed by atoms with Gasteiger partial charge in [0, 0.05) is 37.9 Å². The Kier molecular flexibility index (Phi) is 7.36. The van der Waals surface area contributed by atoms with Crippen LogP contribution in [0.2, 0.25) is 0 Å². The zero-order chi connectivity index (χ0) is 20.6. The molecule has 0 saturated carbocycles. The van der Waals surface area contributed by atoms with Crippen LogP contribution in [-0.2, 0) is 11.3 Å². The monoisotopic (exact) mass is 398 g/mol. The van der Waals surface area contributed by atoms with E-state index in [9.17, 15) is 4.79 Å². The Labute approximate surface area is 173 Å². The molecule has 29 heavy (non-hydrogen) atoms. The second-order valence-electron chi connectivity index (χ2n) is 6.95. The minimum atomic E-state index is -0.0498. The van der Waals surface area contributed by atoms with Crippen LogP contribution in [0.25, 0.3) is 0 Å². The van der Waals surface area contributed by atoms with E-state index in [0.717, 1.165) is 31.9 Å². The predicted molar refractivity (Wildman–Crippen MR) is 114 cm³/mol. The van der Waals surface area contributed by atoms with Crippen molar-refractivity contribution in [1.29, 1.82) is 0 Å². The van der Waals surface area contributed by atoms with Gasteiger partial charge in [0.05, 0.1) is 26.4 Å². The average Bonchev–Trinajstić information content (AvgIpc) is 2.76. The van der Waals surface area contributed by atoms with Crippen LogP contribution < -0.4 is 14.4 Å². The van der Waals surface area contributed by atoms with Crippen molar-refractivity contribution in [2.75, 3.05) is 51.5 Å². The molecular weight excluding hydrogens is 368 g/mol. The molecule has 6 heteroatoms. The molecule has 6 nitrogen and oxygen atoms in total. The Morgan fingerprint density at radius 3 is 2.31 bits per heavy atom. The predicted octanol–water partition coefficient (Wildman–Crippen LogP) is 3.59. The van der Waals surface area contributed by atoms with E-state index in [-0.39, 0.29) is 5.91 Å². The summed E-state index contributed by atoms with van der Waals surface area (Å²) in [5, 5.41) is 0. The second kappa shape index (κ2) is 10.2. The average molecular weight is 399 g/mol. The van der Waals surface area contributed by atoms with Crippen molar-refractivity contribution in [1.82, 2.24) is 4.90 Å². The van der Waals surface area contributed by atoms with Crippen molar-refractivity contribution in [2.24, 2.45) is 0 Å². The van der Waals surface area contributed by atoms with Crippen molar-refractivity contribution in [3.05, 3.63) is 53.6 Å². The highest BCUT2D eigenvalue weighted by molar-refractivity contribution is 5.94. The normalized spacial score (nSPS) is 13.8. The number of rotatable bonds is 8. The van der Waals surface area contributed by atoms with Gasteiger partial charge in [-0.3, -0.25) is 4.79 Å². The number of amides is 1. The smallest absolute Gasteiger partial charge is 0.254 e. The van der Waals surface area contributed by atoms with E-state index in [0.29, 0.717) is 36.8 Å². The van der Waals surface area contributed by atoms with Crippen molar-refractivity contribution >= 4 is 11.6 Å². The molecule has 0 bridgehead atoms. The van der Waals surface area contributed by atoms with Crippen molar-refractivity contribution < 1.29 is 19.0 Å². The maximum absolute atomic E-state index is 12.9. The number of morpholine rings is 1. The van der Waals surface area contributed by atoms with Crippen molar-refractivity contribution in [3.63, 3.8) is 0 Å². The first-order valence-corrected chi connectivity index (χ1v) is 10.2. The lowest BCUT2D eigenvalue weighted by atomic mass is 10.1. The van der Waals surface area contributed by atoms with Crippen LogP contribution in [0, 0.1) is 0 Å². The number of anilines is 1. The van der Waals surface area contributed by atoms with Gasteiger partial charge in [-0.1, -0.05) is 12.1 Å². The summed E-state index contributed by atoms with van der Waals surface area (Å²) in [5.74, 6) is 1.21. The molecule has 0 atom stereocenters. The minimum absolute atomic E-state index is 0.0498. The van der Waals surface area contributed by atoms with E-state index in [1.165, 1.54) is 5.69 Å². The summed E-state index contributed by atoms with van der Waals surface area (Å²) in [6, 6.07) is 13.7. The summed E-state index contributed by atoms with van der Waals surface area (Å²) in [7, 11) is 1.81. The fourth-order valence-corrected chi connectivity index (χ4v) is 3.38. The molecule has 1 heterocycles. The number of hydrogen-bond donors (Lipinski definition) is 0. The second-order valence-corrected chi connectivity index (χ2v) is 6.95. The van der Waals surface area contributed by atoms with Gasteiger partial charge in [-0.15, -0.1) is 0 Å². The van der Waals surface area contributed by atoms with Gasteiger partial charge in [0.2, 0.25) is 0 Å². The van der Waals surface area contributed by atoms with Crippen molar-refractivity contribution in [3.8, 4) is 11.5 Å². The highest BCUT2D eigenvalue weighted by atomic mass is 16.5. The molecule has 1 aliphatic rings. The topological polar surface area (TPSA) is 51.2 Å². The molecule has 0 aromatic heterocycles. The Morgan fingerprint density at radius 2 is 1.66 bits per heavy atom. The summed E-state index contributed by atoms with van der Waals surface area (Å²) >= 11 is 0. The molecule has 3 rings (SSSR count). The number of benzene rings is 2. The lowest BCUT2D eigenvalue weighted by Gasteiger charge is -2.29. The Balaban J connectivity index is 1.66. The molecule has 2 aromatic carbocycles. The zero-order valence-corrected chi connectivity index (χ0v) is 17.5. The van der Waals surface area contributed by atoms with E-state index in [1.807, 2.05) is 20.9 Å². The number of carbonyl (C=O) groups is 1. The standard InChI is InChI=1S/C23H30N2O4/c1-4-28-21-11-8-19(16-22(21)29-5-2)23(26)24(3)17-18-6-9-20(10-7-18)25-12-14-27-15-13-25/h6-11,16H,4-5,12-15,17H2,1-3H3. The first-order chi connectivity index (χ1) is 14.1. The summed E-state index contributed by atoms with van der Waals surface area (Å²) in [5.41, 5.74) is 2.87. The highest BCUT2D eigenvalue weighted by Crippen LogP contribution is 2.29. The fraction of sp³-hybridized carbons (Fsp3) is 0.435. The summed E-state index contributed by atoms with van der Waals surface area (Å²) < 4.78 is 16.6. The SMILES string of the molecule is CCOc1ccc(C(=O)N(C)Cc2ccc(N3CCOCC3)cc2)cc1OCC. The van der Waals surface area contributed by atoms with Gasteiger partial charge in [-0.25, -0.2) is 0 Å². The Morgan fingerprint density at radius 1 is 1.00 bits per heavy atom. The van der Waals surface area contributed by atoms with Crippen LogP contribution >= 0.6 is 0 Å². The highest BCUT2D eigenvalue weighted by Gasteiger charge is 2.16. The molecule has 0 unspecified atom stereocenters. The van der Waals surface area contributed by atoms with Crippen LogP contribution in [0.3, 0.4) is 0 Å². The van der Waals surface area contributed by atoms with E-state index < -0.39 is 0 Å². The van der Waals surface area contributed by atoms with Crippen LogP contribution in [0.4, 0.5) is 5.69 Å². The van der Waals surface area contributed by atoms with E-state index in [2.05, 4.69) is 29.2 Å². The van der Waals surface area contributed by atoms with E-state index >= 15 is 0 Å². The molecule has 156 valence electrons. The largest absolute Gasteiger partial charge is 0.490 e. The lowest BCUT2D eigenvalue weighted by Crippen LogP contribution is -2.36. The zero-order valence-electron chi connectivity index (χ0n) is 17.5. The van der Waals surface area contributed by atoms with Gasteiger partial charge in [0.15, 0.2) is 11.5 Å². The number of hydrogen-bond acceptors (Lipinski definition) is 5. The molecule has 2 aromatic rings. The Bertz CT molecular complexity index is 801. The van der Waals surface area contributed by atoms with E-state index in [1.54, 1.807) is 23.1 Å². The third-order valence-electron chi connectivity index (χ3n) is 4.87. The molecule has 0 spiro atoms. The third-order valence-corrected chi connectivity index (χ3v) is 4.87. The lowest BCUT2D eigenvalue weighted by molar-refractivity contribution is 0.0784. The first-order valence-electron chi connectivity index (χ1n) is 10.2. The molecule has 0 aliphatic carbocycles. The molecule has 1 amide bonds. The van der Waals surface area contributed by atoms with Gasteiger partial charge in [-0.05, 0) is 49.7 Å². The van der Waals surface area contributed by atoms with Crippen LogP contribution in [0.5, 0.6) is 11.5 Å². The first kappa shape index (κ1) is 21.0.